The Labute approximate surface area is 90.7 Å². The minimum atomic E-state index is -4.65. The summed E-state index contributed by atoms with van der Waals surface area (Å²) in [7, 11) is 0. The second-order valence-electron chi connectivity index (χ2n) is 2.85. The van der Waals surface area contributed by atoms with Crippen LogP contribution in [0.25, 0.3) is 5.78 Å². The van der Waals surface area contributed by atoms with Crippen molar-refractivity contribution in [1.29, 1.82) is 0 Å². The molecule has 86 valence electrons. The Kier molecular flexibility index (Phi) is 2.41. The fraction of sp³-hybridized carbons (Fsp3) is 0.286. The predicted molar refractivity (Wildman–Crippen MR) is 50.4 cm³/mol. The Hall–Kier alpha value is -1.51. The molecule has 2 heterocycles. The summed E-state index contributed by atoms with van der Waals surface area (Å²) < 4.78 is 37.9. The molecule has 0 aliphatic carbocycles. The van der Waals surface area contributed by atoms with E-state index in [4.69, 9.17) is 0 Å². The topological polar surface area (TPSA) is 63.1 Å². The molecule has 16 heavy (non-hydrogen) atoms. The van der Waals surface area contributed by atoms with Crippen LogP contribution in [-0.2, 0) is 6.18 Å². The number of H-pyrrole nitrogens is 1. The standard InChI is InChI=1S/C7H5F3N4OS/c1-16-6-12-5-11-3(7(8,9)10)2-4(15)14(5)13-6/h2H,1H3,(H,11,12,13). The number of halogens is 3. The average Bonchev–Trinajstić information content (AvgIpc) is 2.59. The van der Waals surface area contributed by atoms with Crippen LogP contribution in [0, 0.1) is 0 Å². The lowest BCUT2D eigenvalue weighted by Crippen LogP contribution is -2.20. The van der Waals surface area contributed by atoms with Gasteiger partial charge in [0.25, 0.3) is 11.3 Å². The van der Waals surface area contributed by atoms with Crippen molar-refractivity contribution < 1.29 is 13.2 Å². The van der Waals surface area contributed by atoms with Gasteiger partial charge in [0, 0.05) is 6.07 Å². The highest BCUT2D eigenvalue weighted by molar-refractivity contribution is 7.98. The van der Waals surface area contributed by atoms with E-state index in [1.807, 2.05) is 0 Å². The molecule has 0 aliphatic heterocycles. The summed E-state index contributed by atoms with van der Waals surface area (Å²) in [4.78, 5) is 18.3. The summed E-state index contributed by atoms with van der Waals surface area (Å²) in [5.74, 6) is -0.288. The van der Waals surface area contributed by atoms with E-state index in [2.05, 4.69) is 15.1 Å². The molecule has 1 N–H and O–H groups in total. The summed E-state index contributed by atoms with van der Waals surface area (Å²) in [5.41, 5.74) is -2.08. The minimum absolute atomic E-state index is 0.288. The molecule has 0 aliphatic rings. The SMILES string of the molecule is CSc1nc2nc(C(F)(F)F)cc(=O)n2[nH]1. The first-order valence-corrected chi connectivity index (χ1v) is 5.25. The Balaban J connectivity index is 2.72. The molecule has 2 rings (SSSR count). The first kappa shape index (κ1) is 11.0. The van der Waals surface area contributed by atoms with E-state index < -0.39 is 17.4 Å². The Morgan fingerprint density at radius 3 is 2.69 bits per heavy atom. The first-order chi connectivity index (χ1) is 7.41. The van der Waals surface area contributed by atoms with Crippen LogP contribution in [-0.4, -0.2) is 25.8 Å². The lowest BCUT2D eigenvalue weighted by molar-refractivity contribution is -0.141. The van der Waals surface area contributed by atoms with Crippen molar-refractivity contribution in [3.63, 3.8) is 0 Å². The molecule has 0 aromatic carbocycles. The normalized spacial score (nSPS) is 12.2. The number of fused-ring (bicyclic) bond motifs is 1. The molecular weight excluding hydrogens is 245 g/mol. The molecule has 0 spiro atoms. The van der Waals surface area contributed by atoms with Gasteiger partial charge < -0.3 is 0 Å². The number of hydrogen-bond acceptors (Lipinski definition) is 4. The van der Waals surface area contributed by atoms with Crippen LogP contribution in [0.1, 0.15) is 5.69 Å². The van der Waals surface area contributed by atoms with Crippen LogP contribution in [0.4, 0.5) is 13.2 Å². The average molecular weight is 250 g/mol. The quantitative estimate of drug-likeness (QED) is 0.771. The lowest BCUT2D eigenvalue weighted by atomic mass is 10.4. The number of aromatic nitrogens is 4. The maximum atomic E-state index is 12.3. The largest absolute Gasteiger partial charge is 0.433 e. The second-order valence-corrected chi connectivity index (χ2v) is 3.64. The Morgan fingerprint density at radius 1 is 1.44 bits per heavy atom. The van der Waals surface area contributed by atoms with Crippen molar-refractivity contribution in [2.75, 3.05) is 6.26 Å². The van der Waals surface area contributed by atoms with Gasteiger partial charge in [0.1, 0.15) is 0 Å². The molecule has 0 fully saturated rings. The van der Waals surface area contributed by atoms with Gasteiger partial charge in [-0.3, -0.25) is 9.89 Å². The van der Waals surface area contributed by atoms with Gasteiger partial charge in [-0.05, 0) is 6.26 Å². The zero-order chi connectivity index (χ0) is 11.9. The van der Waals surface area contributed by atoms with E-state index in [1.165, 1.54) is 11.8 Å². The number of alkyl halides is 3. The third-order valence-electron chi connectivity index (χ3n) is 1.79. The van der Waals surface area contributed by atoms with E-state index >= 15 is 0 Å². The van der Waals surface area contributed by atoms with Crippen molar-refractivity contribution in [1.82, 2.24) is 19.6 Å². The van der Waals surface area contributed by atoms with E-state index in [0.29, 0.717) is 11.2 Å². The summed E-state index contributed by atoms with van der Waals surface area (Å²) in [6, 6.07) is 0.426. The van der Waals surface area contributed by atoms with Crippen LogP contribution in [0.3, 0.4) is 0 Å². The molecule has 0 radical (unpaired) electrons. The Bertz CT molecular complexity index is 587. The second kappa shape index (κ2) is 3.51. The first-order valence-electron chi connectivity index (χ1n) is 4.03. The summed E-state index contributed by atoms with van der Waals surface area (Å²) in [5, 5.41) is 2.84. The zero-order valence-electron chi connectivity index (χ0n) is 7.87. The van der Waals surface area contributed by atoms with Gasteiger partial charge in [0.05, 0.1) is 0 Å². The van der Waals surface area contributed by atoms with Crippen molar-refractivity contribution >= 4 is 17.5 Å². The maximum Gasteiger partial charge on any atom is 0.433 e. The number of aromatic amines is 1. The van der Waals surface area contributed by atoms with Crippen LogP contribution in [0.5, 0.6) is 0 Å². The van der Waals surface area contributed by atoms with Crippen LogP contribution in [0.2, 0.25) is 0 Å². The van der Waals surface area contributed by atoms with Gasteiger partial charge >= 0.3 is 6.18 Å². The van der Waals surface area contributed by atoms with Crippen LogP contribution >= 0.6 is 11.8 Å². The summed E-state index contributed by atoms with van der Waals surface area (Å²) in [6.45, 7) is 0. The fourth-order valence-electron chi connectivity index (χ4n) is 1.10. The van der Waals surface area contributed by atoms with Crippen molar-refractivity contribution in [2.45, 2.75) is 11.3 Å². The van der Waals surface area contributed by atoms with Gasteiger partial charge in [-0.15, -0.1) is 0 Å². The summed E-state index contributed by atoms with van der Waals surface area (Å²) in [6.07, 6.45) is -2.97. The molecule has 0 atom stereocenters. The summed E-state index contributed by atoms with van der Waals surface area (Å²) >= 11 is 1.17. The highest BCUT2D eigenvalue weighted by atomic mass is 32.2. The molecular formula is C7H5F3N4OS. The highest BCUT2D eigenvalue weighted by Crippen LogP contribution is 2.26. The smallest absolute Gasteiger partial charge is 0.267 e. The van der Waals surface area contributed by atoms with Gasteiger partial charge in [0.2, 0.25) is 0 Å². The van der Waals surface area contributed by atoms with Gasteiger partial charge in [0.15, 0.2) is 10.9 Å². The van der Waals surface area contributed by atoms with Crippen LogP contribution < -0.4 is 5.56 Å². The van der Waals surface area contributed by atoms with Crippen molar-refractivity contribution in [2.24, 2.45) is 0 Å². The molecule has 0 saturated carbocycles. The third kappa shape index (κ3) is 1.77. The van der Waals surface area contributed by atoms with Gasteiger partial charge in [-0.2, -0.15) is 22.7 Å². The number of thioether (sulfide) groups is 1. The van der Waals surface area contributed by atoms with E-state index in [-0.39, 0.29) is 5.78 Å². The molecule has 9 heteroatoms. The fourth-order valence-corrected chi connectivity index (χ4v) is 1.45. The zero-order valence-corrected chi connectivity index (χ0v) is 8.69. The number of nitrogens with one attached hydrogen (secondary N) is 1. The van der Waals surface area contributed by atoms with Gasteiger partial charge in [-0.25, -0.2) is 4.98 Å². The van der Waals surface area contributed by atoms with Crippen LogP contribution in [0.15, 0.2) is 16.0 Å². The molecule has 0 unspecified atom stereocenters. The Morgan fingerprint density at radius 2 is 2.12 bits per heavy atom. The minimum Gasteiger partial charge on any atom is -0.267 e. The maximum absolute atomic E-state index is 12.3. The number of hydrogen-bond donors (Lipinski definition) is 1. The molecule has 0 saturated heterocycles. The van der Waals surface area contributed by atoms with E-state index in [0.717, 1.165) is 4.52 Å². The lowest BCUT2D eigenvalue weighted by Gasteiger charge is -2.03. The molecule has 0 bridgehead atoms. The highest BCUT2D eigenvalue weighted by Gasteiger charge is 2.33. The molecule has 2 aromatic heterocycles. The van der Waals surface area contributed by atoms with Gasteiger partial charge in [-0.1, -0.05) is 11.8 Å². The van der Waals surface area contributed by atoms with Crippen molar-refractivity contribution in [3.05, 3.63) is 22.1 Å². The number of nitrogens with zero attached hydrogens (tertiary/aromatic N) is 3. The molecule has 5 nitrogen and oxygen atoms in total. The molecule has 2 aromatic rings. The molecule has 0 amide bonds. The predicted octanol–water partition coefficient (Wildman–Crippen LogP) is 1.16. The van der Waals surface area contributed by atoms with E-state index in [9.17, 15) is 18.0 Å². The van der Waals surface area contributed by atoms with Crippen molar-refractivity contribution in [3.8, 4) is 0 Å². The number of rotatable bonds is 1. The van der Waals surface area contributed by atoms with E-state index in [1.54, 1.807) is 6.26 Å². The monoisotopic (exact) mass is 250 g/mol. The third-order valence-corrected chi connectivity index (χ3v) is 2.36.